The van der Waals surface area contributed by atoms with Crippen molar-refractivity contribution in [1.82, 2.24) is 10.2 Å². The molecular formula is C13H24N2O4. The SMILES string of the molecule is CCCNC(=O)C(C)N(CC)C1COCC1C(=O)O. The number of carbonyl (C=O) groups is 2. The lowest BCUT2D eigenvalue weighted by atomic mass is 10.0. The number of amides is 1. The predicted octanol–water partition coefficient (Wildman–Crippen LogP) is 0.323. The minimum atomic E-state index is -0.859. The highest BCUT2D eigenvalue weighted by atomic mass is 16.5. The molecule has 0 spiro atoms. The first-order valence-electron chi connectivity index (χ1n) is 6.86. The summed E-state index contributed by atoms with van der Waals surface area (Å²) in [7, 11) is 0. The molecule has 6 heteroatoms. The highest BCUT2D eigenvalue weighted by molar-refractivity contribution is 5.81. The number of rotatable bonds is 7. The van der Waals surface area contributed by atoms with Gasteiger partial charge in [-0.15, -0.1) is 0 Å². The van der Waals surface area contributed by atoms with E-state index in [9.17, 15) is 14.7 Å². The normalized spacial score (nSPS) is 24.4. The van der Waals surface area contributed by atoms with Crippen molar-refractivity contribution in [3.8, 4) is 0 Å². The van der Waals surface area contributed by atoms with Gasteiger partial charge in [-0.05, 0) is 19.9 Å². The topological polar surface area (TPSA) is 78.9 Å². The first kappa shape index (κ1) is 15.9. The average molecular weight is 272 g/mol. The molecule has 110 valence electrons. The lowest BCUT2D eigenvalue weighted by Crippen LogP contribution is -2.53. The van der Waals surface area contributed by atoms with Crippen LogP contribution in [0, 0.1) is 5.92 Å². The van der Waals surface area contributed by atoms with Crippen LogP contribution in [-0.2, 0) is 14.3 Å². The van der Waals surface area contributed by atoms with Crippen LogP contribution in [0.2, 0.25) is 0 Å². The van der Waals surface area contributed by atoms with Gasteiger partial charge < -0.3 is 15.2 Å². The molecule has 0 radical (unpaired) electrons. The summed E-state index contributed by atoms with van der Waals surface area (Å²) in [6.45, 7) is 7.60. The van der Waals surface area contributed by atoms with Gasteiger partial charge in [0, 0.05) is 12.6 Å². The van der Waals surface area contributed by atoms with Gasteiger partial charge in [-0.1, -0.05) is 13.8 Å². The molecule has 2 N–H and O–H groups in total. The Morgan fingerprint density at radius 2 is 2.11 bits per heavy atom. The van der Waals surface area contributed by atoms with Crippen LogP contribution >= 0.6 is 0 Å². The number of carboxylic acids is 1. The Bertz CT molecular complexity index is 322. The molecule has 1 fully saturated rings. The summed E-state index contributed by atoms with van der Waals surface area (Å²) in [5.74, 6) is -1.47. The van der Waals surface area contributed by atoms with Crippen molar-refractivity contribution in [3.63, 3.8) is 0 Å². The summed E-state index contributed by atoms with van der Waals surface area (Å²) in [4.78, 5) is 25.1. The number of carbonyl (C=O) groups excluding carboxylic acids is 1. The maximum atomic E-state index is 12.0. The minimum absolute atomic E-state index is 0.0558. The zero-order valence-electron chi connectivity index (χ0n) is 11.9. The molecule has 0 aromatic rings. The van der Waals surface area contributed by atoms with Crippen molar-refractivity contribution >= 4 is 11.9 Å². The maximum Gasteiger partial charge on any atom is 0.310 e. The van der Waals surface area contributed by atoms with Crippen LogP contribution in [0.15, 0.2) is 0 Å². The molecule has 3 unspecified atom stereocenters. The Labute approximate surface area is 114 Å². The molecule has 3 atom stereocenters. The highest BCUT2D eigenvalue weighted by Gasteiger charge is 2.40. The fraction of sp³-hybridized carbons (Fsp3) is 0.846. The number of nitrogens with one attached hydrogen (secondary N) is 1. The van der Waals surface area contributed by atoms with E-state index in [1.807, 2.05) is 25.7 Å². The lowest BCUT2D eigenvalue weighted by molar-refractivity contribution is -0.144. The van der Waals surface area contributed by atoms with Crippen LogP contribution in [0.3, 0.4) is 0 Å². The fourth-order valence-corrected chi connectivity index (χ4v) is 2.45. The molecule has 0 aromatic carbocycles. The van der Waals surface area contributed by atoms with Crippen LogP contribution in [0.1, 0.15) is 27.2 Å². The van der Waals surface area contributed by atoms with E-state index in [4.69, 9.17) is 4.74 Å². The van der Waals surface area contributed by atoms with Gasteiger partial charge in [0.2, 0.25) is 5.91 Å². The van der Waals surface area contributed by atoms with E-state index in [2.05, 4.69) is 5.32 Å². The smallest absolute Gasteiger partial charge is 0.310 e. The van der Waals surface area contributed by atoms with Crippen LogP contribution in [0.4, 0.5) is 0 Å². The summed E-state index contributed by atoms with van der Waals surface area (Å²) in [5.41, 5.74) is 0. The summed E-state index contributed by atoms with van der Waals surface area (Å²) < 4.78 is 5.27. The molecule has 1 saturated heterocycles. The Kier molecular flexibility index (Phi) is 6.24. The maximum absolute atomic E-state index is 12.0. The third kappa shape index (κ3) is 3.91. The van der Waals surface area contributed by atoms with Crippen molar-refractivity contribution in [2.24, 2.45) is 5.92 Å². The van der Waals surface area contributed by atoms with Crippen molar-refractivity contribution in [2.45, 2.75) is 39.3 Å². The van der Waals surface area contributed by atoms with Crippen LogP contribution < -0.4 is 5.32 Å². The van der Waals surface area contributed by atoms with E-state index in [0.717, 1.165) is 6.42 Å². The standard InChI is InChI=1S/C13H24N2O4/c1-4-6-14-12(16)9(3)15(5-2)11-8-19-7-10(11)13(17)18/h9-11H,4-8H2,1-3H3,(H,14,16)(H,17,18). The van der Waals surface area contributed by atoms with Crippen LogP contribution in [0.25, 0.3) is 0 Å². The van der Waals surface area contributed by atoms with Gasteiger partial charge in [0.05, 0.1) is 25.2 Å². The van der Waals surface area contributed by atoms with E-state index in [-0.39, 0.29) is 24.6 Å². The van der Waals surface area contributed by atoms with Crippen molar-refractivity contribution in [1.29, 1.82) is 0 Å². The van der Waals surface area contributed by atoms with Crippen molar-refractivity contribution in [2.75, 3.05) is 26.3 Å². The Morgan fingerprint density at radius 1 is 1.42 bits per heavy atom. The van der Waals surface area contributed by atoms with Crippen molar-refractivity contribution < 1.29 is 19.4 Å². The number of nitrogens with zero attached hydrogens (tertiary/aromatic N) is 1. The first-order valence-corrected chi connectivity index (χ1v) is 6.86. The Balaban J connectivity index is 2.70. The van der Waals surface area contributed by atoms with Crippen LogP contribution in [0.5, 0.6) is 0 Å². The Hall–Kier alpha value is -1.14. The molecule has 0 aliphatic carbocycles. The number of aliphatic carboxylic acids is 1. The van der Waals surface area contributed by atoms with E-state index < -0.39 is 11.9 Å². The third-order valence-corrected chi connectivity index (χ3v) is 3.58. The van der Waals surface area contributed by atoms with Gasteiger partial charge in [-0.2, -0.15) is 0 Å². The first-order chi connectivity index (χ1) is 9.02. The lowest BCUT2D eigenvalue weighted by Gasteiger charge is -2.33. The summed E-state index contributed by atoms with van der Waals surface area (Å²) in [6.07, 6.45) is 0.884. The monoisotopic (exact) mass is 272 g/mol. The minimum Gasteiger partial charge on any atom is -0.481 e. The second-order valence-electron chi connectivity index (χ2n) is 4.85. The molecule has 0 saturated carbocycles. The number of hydrogen-bond acceptors (Lipinski definition) is 4. The largest absolute Gasteiger partial charge is 0.481 e. The van der Waals surface area contributed by atoms with Crippen LogP contribution in [-0.4, -0.2) is 60.3 Å². The van der Waals surface area contributed by atoms with Gasteiger partial charge in [0.25, 0.3) is 0 Å². The zero-order valence-corrected chi connectivity index (χ0v) is 11.9. The number of hydrogen-bond donors (Lipinski definition) is 2. The van der Waals surface area contributed by atoms with E-state index in [1.165, 1.54) is 0 Å². The van der Waals surface area contributed by atoms with Gasteiger partial charge in [-0.3, -0.25) is 14.5 Å². The molecule has 0 aromatic heterocycles. The van der Waals surface area contributed by atoms with Gasteiger partial charge in [0.15, 0.2) is 0 Å². The fourth-order valence-electron chi connectivity index (χ4n) is 2.45. The molecule has 0 bridgehead atoms. The zero-order chi connectivity index (χ0) is 14.4. The molecule has 1 amide bonds. The predicted molar refractivity (Wildman–Crippen MR) is 70.9 cm³/mol. The number of likely N-dealkylation sites (N-methyl/N-ethyl adjacent to an activating group) is 1. The van der Waals surface area contributed by atoms with Gasteiger partial charge in [-0.25, -0.2) is 0 Å². The number of ether oxygens (including phenoxy) is 1. The second kappa shape index (κ2) is 7.45. The van der Waals surface area contributed by atoms with Gasteiger partial charge >= 0.3 is 5.97 Å². The molecule has 1 rings (SSSR count). The van der Waals surface area contributed by atoms with Crippen molar-refractivity contribution in [3.05, 3.63) is 0 Å². The van der Waals surface area contributed by atoms with E-state index >= 15 is 0 Å². The average Bonchev–Trinajstić information content (AvgIpc) is 2.86. The summed E-state index contributed by atoms with van der Waals surface area (Å²) >= 11 is 0. The third-order valence-electron chi connectivity index (χ3n) is 3.58. The highest BCUT2D eigenvalue weighted by Crippen LogP contribution is 2.22. The molecule has 1 aliphatic rings. The molecule has 1 heterocycles. The quantitative estimate of drug-likeness (QED) is 0.698. The number of carboxylic acid groups (broad SMARTS) is 1. The Morgan fingerprint density at radius 3 is 2.63 bits per heavy atom. The molecule has 19 heavy (non-hydrogen) atoms. The molecule has 6 nitrogen and oxygen atoms in total. The van der Waals surface area contributed by atoms with E-state index in [0.29, 0.717) is 19.7 Å². The second-order valence-corrected chi connectivity index (χ2v) is 4.85. The molecule has 1 aliphatic heterocycles. The van der Waals surface area contributed by atoms with E-state index in [1.54, 1.807) is 0 Å². The molecular weight excluding hydrogens is 248 g/mol. The van der Waals surface area contributed by atoms with Gasteiger partial charge in [0.1, 0.15) is 0 Å². The summed E-state index contributed by atoms with van der Waals surface area (Å²) in [5, 5.41) is 12.0. The summed E-state index contributed by atoms with van der Waals surface area (Å²) in [6, 6.07) is -0.574.